The smallest absolute Gasteiger partial charge is 0.310 e. The molecule has 0 N–H and O–H groups in total. The highest BCUT2D eigenvalue weighted by molar-refractivity contribution is 5.72. The van der Waals surface area contributed by atoms with Gasteiger partial charge in [0.05, 0.1) is 33.7 Å². The summed E-state index contributed by atoms with van der Waals surface area (Å²) in [7, 11) is 5.96. The van der Waals surface area contributed by atoms with Crippen LogP contribution in [0.5, 0.6) is 0 Å². The van der Waals surface area contributed by atoms with E-state index in [0.29, 0.717) is 17.4 Å². The van der Waals surface area contributed by atoms with Gasteiger partial charge in [0.15, 0.2) is 6.10 Å². The van der Waals surface area contributed by atoms with Crippen LogP contribution in [0.4, 0.5) is 0 Å². The molecule has 0 radical (unpaired) electrons. The van der Waals surface area contributed by atoms with Crippen LogP contribution in [0.15, 0.2) is 0 Å². The molecule has 0 heterocycles. The second kappa shape index (κ2) is 9.52. The lowest BCUT2D eigenvalue weighted by Crippen LogP contribution is -3.00. The normalized spacial score (nSPS) is 12.6. The first-order valence-corrected chi connectivity index (χ1v) is 6.33. The van der Waals surface area contributed by atoms with Crippen molar-refractivity contribution in [3.8, 4) is 0 Å². The molecule has 0 fully saturated rings. The Kier molecular flexibility index (Phi) is 10.5. The summed E-state index contributed by atoms with van der Waals surface area (Å²) in [6.45, 7) is 5.91. The molecule has 0 aliphatic carbocycles. The number of halogens is 1. The van der Waals surface area contributed by atoms with Crippen molar-refractivity contribution in [2.45, 2.75) is 45.8 Å². The Hall–Kier alpha value is -0.370. The van der Waals surface area contributed by atoms with Crippen molar-refractivity contribution in [3.05, 3.63) is 0 Å². The Balaban J connectivity index is 0. The van der Waals surface area contributed by atoms with E-state index in [1.807, 2.05) is 21.1 Å². The molecular weight excluding hydrogens is 361 g/mol. The lowest BCUT2D eigenvalue weighted by molar-refractivity contribution is -0.873. The molecule has 0 aliphatic heterocycles. The molecule has 114 valence electrons. The molecule has 19 heavy (non-hydrogen) atoms. The van der Waals surface area contributed by atoms with Crippen LogP contribution in [0.1, 0.15) is 33.6 Å². The van der Waals surface area contributed by atoms with E-state index in [0.717, 1.165) is 0 Å². The quantitative estimate of drug-likeness (QED) is 0.299. The number of likely N-dealkylation sites (N-methyl/N-ethyl adjacent to an activating group) is 1. The summed E-state index contributed by atoms with van der Waals surface area (Å²) in [5, 5.41) is 0. The van der Waals surface area contributed by atoms with Crippen molar-refractivity contribution in [2.75, 3.05) is 27.7 Å². The Morgan fingerprint density at radius 2 is 1.58 bits per heavy atom. The van der Waals surface area contributed by atoms with Gasteiger partial charge in [0.25, 0.3) is 0 Å². The molecule has 0 unspecified atom stereocenters. The van der Waals surface area contributed by atoms with Gasteiger partial charge in [-0.25, -0.2) is 0 Å². The fourth-order valence-corrected chi connectivity index (χ4v) is 1.52. The number of esters is 2. The molecule has 0 bridgehead atoms. The summed E-state index contributed by atoms with van der Waals surface area (Å²) < 4.78 is 11.0. The fourth-order valence-electron chi connectivity index (χ4n) is 1.52. The van der Waals surface area contributed by atoms with Gasteiger partial charge < -0.3 is 37.9 Å². The van der Waals surface area contributed by atoms with Gasteiger partial charge in [0.2, 0.25) is 0 Å². The van der Waals surface area contributed by atoms with E-state index in [1.54, 1.807) is 20.8 Å². The third-order valence-corrected chi connectivity index (χ3v) is 2.10. The lowest BCUT2D eigenvalue weighted by atomic mass is 10.2. The zero-order valence-electron chi connectivity index (χ0n) is 12.7. The maximum absolute atomic E-state index is 11.6. The average molecular weight is 387 g/mol. The van der Waals surface area contributed by atoms with Gasteiger partial charge in [0, 0.05) is 6.42 Å². The third kappa shape index (κ3) is 12.4. The third-order valence-electron chi connectivity index (χ3n) is 2.10. The van der Waals surface area contributed by atoms with Gasteiger partial charge in [-0.1, -0.05) is 6.92 Å². The summed E-state index contributed by atoms with van der Waals surface area (Å²) in [5.41, 5.74) is 0. The Morgan fingerprint density at radius 3 is 1.95 bits per heavy atom. The minimum atomic E-state index is -0.427. The Labute approximate surface area is 133 Å². The van der Waals surface area contributed by atoms with E-state index in [4.69, 9.17) is 9.47 Å². The number of hydrogen-bond acceptors (Lipinski definition) is 4. The molecular formula is C13H26INO4. The highest BCUT2D eigenvalue weighted by Crippen LogP contribution is 2.08. The van der Waals surface area contributed by atoms with Crippen LogP contribution >= 0.6 is 0 Å². The SMILES string of the molecule is CCC(=O)O[C@H](CC(=O)OC(C)C)C[N+](C)(C)C.[I-]. The molecule has 6 heteroatoms. The van der Waals surface area contributed by atoms with Crippen LogP contribution in [-0.2, 0) is 19.1 Å². The van der Waals surface area contributed by atoms with E-state index >= 15 is 0 Å². The topological polar surface area (TPSA) is 52.6 Å². The zero-order chi connectivity index (χ0) is 14.3. The first-order chi connectivity index (χ1) is 8.14. The van der Waals surface area contributed by atoms with Crippen LogP contribution in [0.3, 0.4) is 0 Å². The second-order valence-corrected chi connectivity index (χ2v) is 5.68. The fraction of sp³-hybridized carbons (Fsp3) is 0.846. The van der Waals surface area contributed by atoms with Crippen molar-refractivity contribution in [3.63, 3.8) is 0 Å². The van der Waals surface area contributed by atoms with Crippen LogP contribution < -0.4 is 24.0 Å². The largest absolute Gasteiger partial charge is 1.00 e. The summed E-state index contributed by atoms with van der Waals surface area (Å²) in [6.07, 6.45) is -0.153. The van der Waals surface area contributed by atoms with Crippen LogP contribution in [-0.4, -0.2) is 56.3 Å². The van der Waals surface area contributed by atoms with Crippen molar-refractivity contribution < 1.29 is 47.5 Å². The maximum atomic E-state index is 11.6. The number of carbonyl (C=O) groups is 2. The zero-order valence-corrected chi connectivity index (χ0v) is 14.9. The molecule has 0 rings (SSSR count). The minimum Gasteiger partial charge on any atom is -1.00 e. The summed E-state index contributed by atoms with van der Waals surface area (Å²) in [4.78, 5) is 22.9. The van der Waals surface area contributed by atoms with Gasteiger partial charge in [-0.05, 0) is 13.8 Å². The van der Waals surface area contributed by atoms with Gasteiger partial charge in [-0.2, -0.15) is 0 Å². The Bertz CT molecular complexity index is 287. The number of quaternary nitrogens is 1. The van der Waals surface area contributed by atoms with E-state index in [2.05, 4.69) is 0 Å². The van der Waals surface area contributed by atoms with E-state index in [9.17, 15) is 9.59 Å². The molecule has 0 spiro atoms. The monoisotopic (exact) mass is 387 g/mol. The van der Waals surface area contributed by atoms with E-state index in [1.165, 1.54) is 0 Å². The molecule has 0 aliphatic rings. The highest BCUT2D eigenvalue weighted by Gasteiger charge is 2.25. The molecule has 0 amide bonds. The van der Waals surface area contributed by atoms with Gasteiger partial charge in [-0.15, -0.1) is 0 Å². The number of hydrogen-bond donors (Lipinski definition) is 0. The van der Waals surface area contributed by atoms with Gasteiger partial charge in [0.1, 0.15) is 6.54 Å². The first kappa shape index (κ1) is 20.9. The predicted octanol–water partition coefficient (Wildman–Crippen LogP) is -1.64. The van der Waals surface area contributed by atoms with Crippen LogP contribution in [0.2, 0.25) is 0 Å². The summed E-state index contributed by atoms with van der Waals surface area (Å²) in [5.74, 6) is -0.613. The minimum absolute atomic E-state index is 0. The standard InChI is InChI=1S/C13H26NO4.HI/c1-7-12(15)18-11(9-14(4,5)6)8-13(16)17-10(2)3;/h10-11H,7-9H2,1-6H3;1H/q+1;/p-1/t11-;/m1./s1. The first-order valence-electron chi connectivity index (χ1n) is 6.33. The summed E-state index contributed by atoms with van der Waals surface area (Å²) in [6, 6.07) is 0. The average Bonchev–Trinajstić information content (AvgIpc) is 2.12. The van der Waals surface area contributed by atoms with Crippen molar-refractivity contribution in [1.29, 1.82) is 0 Å². The maximum Gasteiger partial charge on any atom is 0.310 e. The van der Waals surface area contributed by atoms with Crippen molar-refractivity contribution in [1.82, 2.24) is 0 Å². The van der Waals surface area contributed by atoms with Crippen LogP contribution in [0.25, 0.3) is 0 Å². The number of carbonyl (C=O) groups excluding carboxylic acids is 2. The highest BCUT2D eigenvalue weighted by atomic mass is 127. The van der Waals surface area contributed by atoms with Gasteiger partial charge in [-0.3, -0.25) is 9.59 Å². The molecule has 5 nitrogen and oxygen atoms in total. The number of rotatable bonds is 7. The van der Waals surface area contributed by atoms with Crippen molar-refractivity contribution in [2.24, 2.45) is 0 Å². The number of ether oxygens (including phenoxy) is 2. The molecule has 0 aromatic heterocycles. The van der Waals surface area contributed by atoms with E-state index < -0.39 is 6.10 Å². The van der Waals surface area contributed by atoms with E-state index in [-0.39, 0.29) is 48.4 Å². The van der Waals surface area contributed by atoms with Gasteiger partial charge >= 0.3 is 11.9 Å². The number of nitrogens with zero attached hydrogens (tertiary/aromatic N) is 1. The predicted molar refractivity (Wildman–Crippen MR) is 68.9 cm³/mol. The molecule has 0 aromatic rings. The van der Waals surface area contributed by atoms with Crippen LogP contribution in [0, 0.1) is 0 Å². The molecule has 1 atom stereocenters. The molecule has 0 aromatic carbocycles. The molecule has 0 saturated heterocycles. The Morgan fingerprint density at radius 1 is 1.05 bits per heavy atom. The molecule has 0 saturated carbocycles. The second-order valence-electron chi connectivity index (χ2n) is 5.68. The summed E-state index contributed by atoms with van der Waals surface area (Å²) >= 11 is 0. The lowest BCUT2D eigenvalue weighted by Gasteiger charge is -2.28. The van der Waals surface area contributed by atoms with Crippen molar-refractivity contribution >= 4 is 11.9 Å².